The molecule has 1 N–H and O–H groups in total. The molecule has 122 valence electrons. The number of aryl methyl sites for hydroxylation is 1. The molecule has 0 fully saturated rings. The summed E-state index contributed by atoms with van der Waals surface area (Å²) in [6, 6.07) is 14.7. The van der Waals surface area contributed by atoms with E-state index < -0.39 is 6.04 Å². The maximum Gasteiger partial charge on any atom is 0.253 e. The van der Waals surface area contributed by atoms with Gasteiger partial charge < -0.3 is 9.84 Å². The predicted molar refractivity (Wildman–Crippen MR) is 94.5 cm³/mol. The Bertz CT molecular complexity index is 859. The molecule has 0 bridgehead atoms. The van der Waals surface area contributed by atoms with E-state index in [1.807, 2.05) is 49.4 Å². The van der Waals surface area contributed by atoms with E-state index in [4.69, 9.17) is 4.52 Å². The van der Waals surface area contributed by atoms with Crippen LogP contribution in [0.1, 0.15) is 34.8 Å². The van der Waals surface area contributed by atoms with Gasteiger partial charge in [0.2, 0.25) is 11.7 Å². The first kappa shape index (κ1) is 16.4. The van der Waals surface area contributed by atoms with E-state index in [2.05, 4.69) is 31.4 Å². The highest BCUT2D eigenvalue weighted by atomic mass is 79.9. The molecule has 3 aromatic rings. The monoisotopic (exact) mass is 385 g/mol. The van der Waals surface area contributed by atoms with Crippen molar-refractivity contribution < 1.29 is 9.32 Å². The average molecular weight is 386 g/mol. The fourth-order valence-electron chi connectivity index (χ4n) is 2.21. The number of nitrogens with zero attached hydrogens (tertiary/aromatic N) is 2. The Hall–Kier alpha value is -2.47. The molecule has 1 aromatic heterocycles. The number of carbonyl (C=O) groups is 1. The summed E-state index contributed by atoms with van der Waals surface area (Å²) < 4.78 is 6.03. The molecule has 0 aliphatic rings. The predicted octanol–water partition coefficient (Wildman–Crippen LogP) is 4.30. The van der Waals surface area contributed by atoms with E-state index in [1.54, 1.807) is 13.0 Å². The number of hydrogen-bond acceptors (Lipinski definition) is 4. The van der Waals surface area contributed by atoms with Crippen molar-refractivity contribution in [3.05, 3.63) is 70.0 Å². The maximum absolute atomic E-state index is 12.3. The van der Waals surface area contributed by atoms with Crippen LogP contribution >= 0.6 is 15.9 Å². The van der Waals surface area contributed by atoms with Crippen LogP contribution in [0, 0.1) is 6.92 Å². The van der Waals surface area contributed by atoms with E-state index >= 15 is 0 Å². The summed E-state index contributed by atoms with van der Waals surface area (Å²) in [6.45, 7) is 3.83. The first-order valence-electron chi connectivity index (χ1n) is 7.50. The van der Waals surface area contributed by atoms with Gasteiger partial charge >= 0.3 is 0 Å². The van der Waals surface area contributed by atoms with E-state index in [9.17, 15) is 4.79 Å². The average Bonchev–Trinajstić information content (AvgIpc) is 3.06. The highest BCUT2D eigenvalue weighted by Gasteiger charge is 2.19. The van der Waals surface area contributed by atoms with Gasteiger partial charge in [-0.25, -0.2) is 0 Å². The molecular weight excluding hydrogens is 370 g/mol. The van der Waals surface area contributed by atoms with Gasteiger partial charge in [0.15, 0.2) is 0 Å². The van der Waals surface area contributed by atoms with Gasteiger partial charge in [-0.05, 0) is 41.9 Å². The van der Waals surface area contributed by atoms with Crippen molar-refractivity contribution in [1.29, 1.82) is 0 Å². The Kier molecular flexibility index (Phi) is 4.76. The standard InChI is InChI=1S/C18H16BrN3O2/c1-11-7-9-13(10-8-11)16-21-18(24-22-16)12(2)20-17(23)14-5-3-4-6-15(14)19/h3-10,12H,1-2H3,(H,20,23). The third-order valence-corrected chi connectivity index (χ3v) is 4.28. The molecule has 1 heterocycles. The molecule has 24 heavy (non-hydrogen) atoms. The molecule has 0 radical (unpaired) electrons. The summed E-state index contributed by atoms with van der Waals surface area (Å²) in [7, 11) is 0. The van der Waals surface area contributed by atoms with E-state index in [0.717, 1.165) is 15.6 Å². The second-order valence-electron chi connectivity index (χ2n) is 5.50. The smallest absolute Gasteiger partial charge is 0.253 e. The number of nitrogens with one attached hydrogen (secondary N) is 1. The zero-order valence-electron chi connectivity index (χ0n) is 13.3. The van der Waals surface area contributed by atoms with Crippen LogP contribution in [0.4, 0.5) is 0 Å². The minimum Gasteiger partial charge on any atom is -0.340 e. The minimum atomic E-state index is -0.392. The number of amides is 1. The Balaban J connectivity index is 1.74. The Labute approximate surface area is 148 Å². The molecule has 2 aromatic carbocycles. The topological polar surface area (TPSA) is 68.0 Å². The molecule has 1 unspecified atom stereocenters. The van der Waals surface area contributed by atoms with Crippen LogP contribution in [0.3, 0.4) is 0 Å². The first-order chi connectivity index (χ1) is 11.5. The second kappa shape index (κ2) is 6.97. The molecule has 5 nitrogen and oxygen atoms in total. The van der Waals surface area contributed by atoms with Crippen molar-refractivity contribution in [2.24, 2.45) is 0 Å². The Morgan fingerprint density at radius 2 is 1.88 bits per heavy atom. The van der Waals surface area contributed by atoms with Crippen LogP contribution in [-0.2, 0) is 0 Å². The van der Waals surface area contributed by atoms with Gasteiger partial charge in [-0.2, -0.15) is 4.98 Å². The van der Waals surface area contributed by atoms with Crippen molar-refractivity contribution in [1.82, 2.24) is 15.5 Å². The lowest BCUT2D eigenvalue weighted by Crippen LogP contribution is -2.27. The lowest BCUT2D eigenvalue weighted by molar-refractivity contribution is 0.0931. The fraction of sp³-hybridized carbons (Fsp3) is 0.167. The minimum absolute atomic E-state index is 0.204. The number of aromatic nitrogens is 2. The summed E-state index contributed by atoms with van der Waals surface area (Å²) in [5, 5.41) is 6.85. The van der Waals surface area contributed by atoms with Crippen molar-refractivity contribution in [3.63, 3.8) is 0 Å². The summed E-state index contributed by atoms with van der Waals surface area (Å²) in [6.07, 6.45) is 0. The van der Waals surface area contributed by atoms with Crippen LogP contribution in [0.5, 0.6) is 0 Å². The lowest BCUT2D eigenvalue weighted by atomic mass is 10.1. The summed E-state index contributed by atoms with van der Waals surface area (Å²) in [4.78, 5) is 16.7. The van der Waals surface area contributed by atoms with Gasteiger partial charge in [0, 0.05) is 10.0 Å². The van der Waals surface area contributed by atoms with Crippen molar-refractivity contribution >= 4 is 21.8 Å². The fourth-order valence-corrected chi connectivity index (χ4v) is 2.68. The molecule has 0 aliphatic carbocycles. The van der Waals surface area contributed by atoms with Crippen LogP contribution in [-0.4, -0.2) is 16.0 Å². The normalized spacial score (nSPS) is 12.0. The van der Waals surface area contributed by atoms with E-state index in [-0.39, 0.29) is 5.91 Å². The van der Waals surface area contributed by atoms with Crippen LogP contribution in [0.25, 0.3) is 11.4 Å². The van der Waals surface area contributed by atoms with Crippen molar-refractivity contribution in [3.8, 4) is 11.4 Å². The summed E-state index contributed by atoms with van der Waals surface area (Å²) >= 11 is 3.37. The largest absolute Gasteiger partial charge is 0.340 e. The second-order valence-corrected chi connectivity index (χ2v) is 6.35. The van der Waals surface area contributed by atoms with Crippen LogP contribution in [0.15, 0.2) is 57.5 Å². The molecule has 1 amide bonds. The molecule has 3 rings (SSSR count). The van der Waals surface area contributed by atoms with Crippen molar-refractivity contribution in [2.45, 2.75) is 19.9 Å². The molecule has 0 aliphatic heterocycles. The molecular formula is C18H16BrN3O2. The van der Waals surface area contributed by atoms with Gasteiger partial charge in [-0.15, -0.1) is 0 Å². The zero-order chi connectivity index (χ0) is 17.1. The number of carbonyl (C=O) groups excluding carboxylic acids is 1. The zero-order valence-corrected chi connectivity index (χ0v) is 14.9. The Morgan fingerprint density at radius 1 is 1.17 bits per heavy atom. The van der Waals surface area contributed by atoms with Gasteiger partial charge in [0.05, 0.1) is 5.56 Å². The summed E-state index contributed by atoms with van der Waals surface area (Å²) in [5.41, 5.74) is 2.60. The van der Waals surface area contributed by atoms with Crippen molar-refractivity contribution in [2.75, 3.05) is 0 Å². The number of halogens is 1. The first-order valence-corrected chi connectivity index (χ1v) is 8.30. The Morgan fingerprint density at radius 3 is 2.58 bits per heavy atom. The quantitative estimate of drug-likeness (QED) is 0.726. The third-order valence-electron chi connectivity index (χ3n) is 3.59. The van der Waals surface area contributed by atoms with E-state index in [0.29, 0.717) is 17.3 Å². The number of rotatable bonds is 4. The SMILES string of the molecule is Cc1ccc(-c2noc(C(C)NC(=O)c3ccccc3Br)n2)cc1. The van der Waals surface area contributed by atoms with Crippen LogP contribution < -0.4 is 5.32 Å². The third kappa shape index (κ3) is 3.54. The highest BCUT2D eigenvalue weighted by molar-refractivity contribution is 9.10. The maximum atomic E-state index is 12.3. The molecule has 6 heteroatoms. The van der Waals surface area contributed by atoms with Crippen LogP contribution in [0.2, 0.25) is 0 Å². The van der Waals surface area contributed by atoms with E-state index in [1.165, 1.54) is 0 Å². The van der Waals surface area contributed by atoms with Gasteiger partial charge in [0.25, 0.3) is 5.91 Å². The molecule has 0 saturated carbocycles. The highest BCUT2D eigenvalue weighted by Crippen LogP contribution is 2.20. The molecule has 1 atom stereocenters. The van der Waals surface area contributed by atoms with Gasteiger partial charge in [-0.1, -0.05) is 47.1 Å². The summed E-state index contributed by atoms with van der Waals surface area (Å²) in [5.74, 6) is 0.669. The van der Waals surface area contributed by atoms with Gasteiger partial charge in [0.1, 0.15) is 6.04 Å². The number of benzene rings is 2. The molecule has 0 saturated heterocycles. The number of hydrogen-bond donors (Lipinski definition) is 1. The van der Waals surface area contributed by atoms with Gasteiger partial charge in [-0.3, -0.25) is 4.79 Å². The lowest BCUT2D eigenvalue weighted by Gasteiger charge is -2.10. The molecule has 0 spiro atoms.